The van der Waals surface area contributed by atoms with Crippen LogP contribution in [0, 0.1) is 0 Å². The fourth-order valence-corrected chi connectivity index (χ4v) is 1.42. The average molecular weight is 205 g/mol. The van der Waals surface area contributed by atoms with Crippen molar-refractivity contribution in [1.29, 1.82) is 0 Å². The van der Waals surface area contributed by atoms with Crippen LogP contribution in [0.5, 0.6) is 0 Å². The van der Waals surface area contributed by atoms with Crippen molar-refractivity contribution in [2.24, 2.45) is 0 Å². The highest BCUT2D eigenvalue weighted by Gasteiger charge is 2.26. The van der Waals surface area contributed by atoms with Gasteiger partial charge in [0.1, 0.15) is 11.6 Å². The number of nitrogens with zero attached hydrogens (tertiary/aromatic N) is 1. The number of H-pyrrole nitrogens is 1. The first-order valence-corrected chi connectivity index (χ1v) is 5.25. The number of hydrogen-bond donors (Lipinski definition) is 2. The second-order valence-electron chi connectivity index (χ2n) is 3.79. The molecule has 4 nitrogen and oxygen atoms in total. The van der Waals surface area contributed by atoms with Gasteiger partial charge in [-0.2, -0.15) is 0 Å². The highest BCUT2D eigenvalue weighted by Crippen LogP contribution is 2.37. The molecular formula is C11H15N3O. The number of aromatic nitrogens is 2. The summed E-state index contributed by atoms with van der Waals surface area (Å²) in [4.78, 5) is 18.5. The zero-order valence-corrected chi connectivity index (χ0v) is 8.62. The zero-order chi connectivity index (χ0) is 10.7. The lowest BCUT2D eigenvalue weighted by molar-refractivity contribution is 0.902. The summed E-state index contributed by atoms with van der Waals surface area (Å²) in [5.41, 5.74) is -0.0759. The van der Waals surface area contributed by atoms with Crippen LogP contribution in [-0.4, -0.2) is 16.5 Å². The van der Waals surface area contributed by atoms with Crippen LogP contribution < -0.4 is 10.9 Å². The van der Waals surface area contributed by atoms with Crippen LogP contribution in [0.4, 0.5) is 5.82 Å². The van der Waals surface area contributed by atoms with Gasteiger partial charge in [0.15, 0.2) is 0 Å². The maximum Gasteiger partial charge on any atom is 0.252 e. The van der Waals surface area contributed by atoms with E-state index in [0.29, 0.717) is 11.7 Å². The fourth-order valence-electron chi connectivity index (χ4n) is 1.42. The molecule has 0 atom stereocenters. The van der Waals surface area contributed by atoms with Crippen molar-refractivity contribution in [3.8, 4) is 0 Å². The van der Waals surface area contributed by atoms with E-state index in [1.807, 2.05) is 6.08 Å². The highest BCUT2D eigenvalue weighted by atomic mass is 16.1. The Morgan fingerprint density at radius 3 is 3.13 bits per heavy atom. The largest absolute Gasteiger partial charge is 0.370 e. The maximum absolute atomic E-state index is 11.3. The van der Waals surface area contributed by atoms with Gasteiger partial charge < -0.3 is 10.3 Å². The third-order valence-electron chi connectivity index (χ3n) is 2.38. The van der Waals surface area contributed by atoms with E-state index in [0.717, 1.165) is 31.6 Å². The summed E-state index contributed by atoms with van der Waals surface area (Å²) < 4.78 is 0. The predicted molar refractivity (Wildman–Crippen MR) is 60.1 cm³/mol. The number of anilines is 1. The summed E-state index contributed by atoms with van der Waals surface area (Å²) in [5.74, 6) is 1.96. The van der Waals surface area contributed by atoms with E-state index in [9.17, 15) is 4.79 Å². The van der Waals surface area contributed by atoms with Gasteiger partial charge in [0, 0.05) is 18.5 Å². The van der Waals surface area contributed by atoms with Gasteiger partial charge in [0.05, 0.1) is 0 Å². The average Bonchev–Trinajstić information content (AvgIpc) is 3.00. The molecule has 0 unspecified atom stereocenters. The Balaban J connectivity index is 2.08. The molecule has 2 N–H and O–H groups in total. The molecule has 0 spiro atoms. The summed E-state index contributed by atoms with van der Waals surface area (Å²) >= 11 is 0. The maximum atomic E-state index is 11.3. The van der Waals surface area contributed by atoms with Crippen LogP contribution in [0.2, 0.25) is 0 Å². The third kappa shape index (κ3) is 2.68. The van der Waals surface area contributed by atoms with Crippen molar-refractivity contribution < 1.29 is 0 Å². The fraction of sp³-hybridized carbons (Fsp3) is 0.455. The molecule has 1 aliphatic carbocycles. The second kappa shape index (κ2) is 4.29. The van der Waals surface area contributed by atoms with E-state index >= 15 is 0 Å². The monoisotopic (exact) mass is 205 g/mol. The number of hydrogen-bond acceptors (Lipinski definition) is 3. The normalized spacial score (nSPS) is 14.9. The van der Waals surface area contributed by atoms with Gasteiger partial charge in [-0.1, -0.05) is 6.08 Å². The van der Waals surface area contributed by atoms with Crippen LogP contribution >= 0.6 is 0 Å². The van der Waals surface area contributed by atoms with E-state index in [1.165, 1.54) is 6.07 Å². The molecule has 0 aliphatic heterocycles. The molecule has 0 amide bonds. The van der Waals surface area contributed by atoms with Crippen LogP contribution in [0.3, 0.4) is 0 Å². The quantitative estimate of drug-likeness (QED) is 0.567. The minimum Gasteiger partial charge on any atom is -0.370 e. The van der Waals surface area contributed by atoms with Gasteiger partial charge in [-0.3, -0.25) is 4.79 Å². The third-order valence-corrected chi connectivity index (χ3v) is 2.38. The molecule has 1 aromatic heterocycles. The van der Waals surface area contributed by atoms with Crippen LogP contribution in [0.1, 0.15) is 31.0 Å². The van der Waals surface area contributed by atoms with Crippen LogP contribution in [0.25, 0.3) is 0 Å². The van der Waals surface area contributed by atoms with Crippen molar-refractivity contribution in [3.05, 3.63) is 34.9 Å². The van der Waals surface area contributed by atoms with E-state index in [2.05, 4.69) is 21.9 Å². The van der Waals surface area contributed by atoms with Crippen LogP contribution in [-0.2, 0) is 0 Å². The molecule has 80 valence electrons. The van der Waals surface area contributed by atoms with Crippen molar-refractivity contribution in [1.82, 2.24) is 9.97 Å². The first-order valence-electron chi connectivity index (χ1n) is 5.25. The van der Waals surface area contributed by atoms with Gasteiger partial charge in [-0.05, 0) is 19.3 Å². The van der Waals surface area contributed by atoms with Crippen molar-refractivity contribution >= 4 is 5.82 Å². The summed E-state index contributed by atoms with van der Waals surface area (Å²) in [7, 11) is 0. The second-order valence-corrected chi connectivity index (χ2v) is 3.79. The van der Waals surface area contributed by atoms with Gasteiger partial charge in [0.2, 0.25) is 0 Å². The molecule has 15 heavy (non-hydrogen) atoms. The first kappa shape index (κ1) is 9.96. The molecule has 4 heteroatoms. The Labute approximate surface area is 88.4 Å². The standard InChI is InChI=1S/C11H15N3O/c1-2-3-6-12-9-7-10(15)14-11(13-9)8-4-5-8/h2,7-8H,1,3-6H2,(H2,12,13,14,15). The Kier molecular flexibility index (Phi) is 2.85. The molecule has 1 heterocycles. The summed E-state index contributed by atoms with van der Waals surface area (Å²) in [6.07, 6.45) is 4.98. The lowest BCUT2D eigenvalue weighted by atomic mass is 10.4. The summed E-state index contributed by atoms with van der Waals surface area (Å²) in [5, 5.41) is 3.11. The van der Waals surface area contributed by atoms with Crippen molar-refractivity contribution in [2.45, 2.75) is 25.2 Å². The van der Waals surface area contributed by atoms with E-state index in [1.54, 1.807) is 0 Å². The lowest BCUT2D eigenvalue weighted by Gasteiger charge is -2.04. The molecule has 2 rings (SSSR count). The van der Waals surface area contributed by atoms with Gasteiger partial charge in [-0.25, -0.2) is 4.98 Å². The van der Waals surface area contributed by atoms with Gasteiger partial charge in [-0.15, -0.1) is 6.58 Å². The molecule has 0 bridgehead atoms. The Morgan fingerprint density at radius 2 is 2.47 bits per heavy atom. The van der Waals surface area contributed by atoms with E-state index in [-0.39, 0.29) is 5.56 Å². The Hall–Kier alpha value is -1.58. The minimum atomic E-state index is -0.0759. The zero-order valence-electron chi connectivity index (χ0n) is 8.62. The number of nitrogens with one attached hydrogen (secondary N) is 2. The minimum absolute atomic E-state index is 0.0759. The molecule has 1 fully saturated rings. The van der Waals surface area contributed by atoms with Gasteiger partial charge in [0.25, 0.3) is 5.56 Å². The Morgan fingerprint density at radius 1 is 1.67 bits per heavy atom. The predicted octanol–water partition coefficient (Wildman–Crippen LogP) is 1.64. The summed E-state index contributed by atoms with van der Waals surface area (Å²) in [6.45, 7) is 4.40. The van der Waals surface area contributed by atoms with E-state index in [4.69, 9.17) is 0 Å². The van der Waals surface area contributed by atoms with E-state index < -0.39 is 0 Å². The first-order chi connectivity index (χ1) is 7.29. The Bertz CT molecular complexity index is 407. The molecular weight excluding hydrogens is 190 g/mol. The highest BCUT2D eigenvalue weighted by molar-refractivity contribution is 5.33. The summed E-state index contributed by atoms with van der Waals surface area (Å²) in [6, 6.07) is 1.50. The molecule has 0 radical (unpaired) electrons. The SMILES string of the molecule is C=CCCNc1cc(=O)[nH]c(C2CC2)n1. The number of aromatic amines is 1. The molecule has 1 saturated carbocycles. The smallest absolute Gasteiger partial charge is 0.252 e. The molecule has 0 aromatic carbocycles. The van der Waals surface area contributed by atoms with Crippen molar-refractivity contribution in [2.75, 3.05) is 11.9 Å². The molecule has 1 aliphatic rings. The number of rotatable bonds is 5. The molecule has 0 saturated heterocycles. The lowest BCUT2D eigenvalue weighted by Crippen LogP contribution is -2.13. The van der Waals surface area contributed by atoms with Crippen LogP contribution in [0.15, 0.2) is 23.5 Å². The van der Waals surface area contributed by atoms with Crippen molar-refractivity contribution in [3.63, 3.8) is 0 Å². The topological polar surface area (TPSA) is 57.8 Å². The molecule has 1 aromatic rings. The van der Waals surface area contributed by atoms with Gasteiger partial charge >= 0.3 is 0 Å².